The third-order valence-corrected chi connectivity index (χ3v) is 1.80. The molecule has 0 spiro atoms. The van der Waals surface area contributed by atoms with Crippen LogP contribution in [0, 0.1) is 24.0 Å². The molecule has 0 fully saturated rings. The van der Waals surface area contributed by atoms with Crippen LogP contribution in [0.3, 0.4) is 0 Å². The van der Waals surface area contributed by atoms with Gasteiger partial charge in [0.05, 0.1) is 10.0 Å². The van der Waals surface area contributed by atoms with Crippen molar-refractivity contribution in [1.82, 2.24) is 0 Å². The van der Waals surface area contributed by atoms with Crippen molar-refractivity contribution in [3.05, 3.63) is 33.8 Å². The highest BCUT2D eigenvalue weighted by Gasteiger charge is 2.09. The average molecular weight is 217 g/mol. The Bertz CT molecular complexity index is 326. The molecule has 0 atom stereocenters. The van der Waals surface area contributed by atoms with Gasteiger partial charge in [-0.2, -0.15) is 0 Å². The van der Waals surface area contributed by atoms with Crippen LogP contribution in [-0.2, 0) is 0 Å². The van der Waals surface area contributed by atoms with Crippen LogP contribution in [0.25, 0.3) is 0 Å². The van der Waals surface area contributed by atoms with Crippen molar-refractivity contribution < 1.29 is 8.78 Å². The first-order chi connectivity index (χ1) is 5.16. The molecular formula is C8H3BrF2. The summed E-state index contributed by atoms with van der Waals surface area (Å²) in [5, 5.41) is 0. The molecule has 0 aliphatic carbocycles. The molecule has 0 saturated heterocycles. The first-order valence-electron chi connectivity index (χ1n) is 2.77. The molecule has 0 unspecified atom stereocenters. The number of hydrogen-bond donors (Lipinski definition) is 0. The summed E-state index contributed by atoms with van der Waals surface area (Å²) < 4.78 is 25.5. The lowest BCUT2D eigenvalue weighted by atomic mass is 10.2. The van der Waals surface area contributed by atoms with Crippen molar-refractivity contribution in [3.63, 3.8) is 0 Å². The molecule has 3 heteroatoms. The summed E-state index contributed by atoms with van der Waals surface area (Å²) in [6.07, 6.45) is 4.90. The highest BCUT2D eigenvalue weighted by atomic mass is 79.9. The molecule has 0 saturated carbocycles. The van der Waals surface area contributed by atoms with Crippen molar-refractivity contribution in [3.8, 4) is 12.3 Å². The highest BCUT2D eigenvalue weighted by Crippen LogP contribution is 2.19. The Morgan fingerprint density at radius 2 is 1.91 bits per heavy atom. The maximum absolute atomic E-state index is 12.7. The lowest BCUT2D eigenvalue weighted by Crippen LogP contribution is -1.89. The number of rotatable bonds is 0. The van der Waals surface area contributed by atoms with Gasteiger partial charge in [-0.25, -0.2) is 8.78 Å². The topological polar surface area (TPSA) is 0 Å². The van der Waals surface area contributed by atoms with Crippen LogP contribution in [0.4, 0.5) is 8.78 Å². The van der Waals surface area contributed by atoms with E-state index in [9.17, 15) is 8.78 Å². The minimum Gasteiger partial charge on any atom is -0.202 e. The van der Waals surface area contributed by atoms with Crippen molar-refractivity contribution in [1.29, 1.82) is 0 Å². The molecule has 1 rings (SSSR count). The van der Waals surface area contributed by atoms with E-state index in [1.165, 1.54) is 12.1 Å². The second-order valence-electron chi connectivity index (χ2n) is 1.87. The summed E-state index contributed by atoms with van der Waals surface area (Å²) in [7, 11) is 0. The molecular weight excluding hydrogens is 214 g/mol. The number of halogens is 3. The van der Waals surface area contributed by atoms with Crippen molar-refractivity contribution in [2.24, 2.45) is 0 Å². The van der Waals surface area contributed by atoms with Gasteiger partial charge in [-0.15, -0.1) is 6.42 Å². The maximum atomic E-state index is 12.7. The fraction of sp³-hybridized carbons (Fsp3) is 0. The third kappa shape index (κ3) is 1.41. The van der Waals surface area contributed by atoms with E-state index < -0.39 is 11.6 Å². The predicted octanol–water partition coefficient (Wildman–Crippen LogP) is 2.71. The zero-order valence-electron chi connectivity index (χ0n) is 5.37. The Morgan fingerprint density at radius 1 is 1.27 bits per heavy atom. The van der Waals surface area contributed by atoms with Crippen molar-refractivity contribution in [2.45, 2.75) is 0 Å². The molecule has 0 N–H and O–H groups in total. The first-order valence-corrected chi connectivity index (χ1v) is 3.56. The molecule has 0 radical (unpaired) electrons. The first kappa shape index (κ1) is 8.22. The molecule has 0 nitrogen and oxygen atoms in total. The normalized spacial score (nSPS) is 9.27. The summed E-state index contributed by atoms with van der Waals surface area (Å²) >= 11 is 2.83. The molecule has 11 heavy (non-hydrogen) atoms. The van der Waals surface area contributed by atoms with E-state index in [-0.39, 0.29) is 10.0 Å². The van der Waals surface area contributed by atoms with Crippen LogP contribution in [-0.4, -0.2) is 0 Å². The van der Waals surface area contributed by atoms with Crippen molar-refractivity contribution in [2.75, 3.05) is 0 Å². The molecule has 1 aromatic rings. The summed E-state index contributed by atoms with van der Waals surface area (Å²) in [5.41, 5.74) is -0.0642. The van der Waals surface area contributed by atoms with E-state index in [4.69, 9.17) is 6.42 Å². The lowest BCUT2D eigenvalue weighted by Gasteiger charge is -1.97. The standard InChI is InChI=1S/C8H3BrF2/c1-2-5-3-4-6(9)8(11)7(5)10/h1,3-4H. The Hall–Kier alpha value is -0.880. The second-order valence-corrected chi connectivity index (χ2v) is 2.72. The van der Waals surface area contributed by atoms with E-state index in [0.29, 0.717) is 0 Å². The van der Waals surface area contributed by atoms with Gasteiger partial charge in [0.25, 0.3) is 0 Å². The zero-order valence-corrected chi connectivity index (χ0v) is 6.95. The van der Waals surface area contributed by atoms with Gasteiger partial charge < -0.3 is 0 Å². The Balaban J connectivity index is 3.40. The summed E-state index contributed by atoms with van der Waals surface area (Å²) in [6.45, 7) is 0. The monoisotopic (exact) mass is 216 g/mol. The van der Waals surface area contributed by atoms with E-state index >= 15 is 0 Å². The molecule has 0 aliphatic heterocycles. The predicted molar refractivity (Wildman–Crippen MR) is 42.0 cm³/mol. The Morgan fingerprint density at radius 3 is 2.45 bits per heavy atom. The molecule has 0 aliphatic rings. The fourth-order valence-corrected chi connectivity index (χ4v) is 0.944. The van der Waals surface area contributed by atoms with Gasteiger partial charge >= 0.3 is 0 Å². The van der Waals surface area contributed by atoms with E-state index in [2.05, 4.69) is 15.9 Å². The number of hydrogen-bond acceptors (Lipinski definition) is 0. The van der Waals surface area contributed by atoms with E-state index in [1.54, 1.807) is 0 Å². The molecule has 0 heterocycles. The van der Waals surface area contributed by atoms with Gasteiger partial charge in [0.15, 0.2) is 11.6 Å². The van der Waals surface area contributed by atoms with Crippen molar-refractivity contribution >= 4 is 15.9 Å². The molecule has 1 aromatic carbocycles. The minimum absolute atomic E-state index is 0.0642. The number of benzene rings is 1. The zero-order chi connectivity index (χ0) is 8.43. The van der Waals surface area contributed by atoms with Gasteiger partial charge in [-0.3, -0.25) is 0 Å². The maximum Gasteiger partial charge on any atom is 0.175 e. The quantitative estimate of drug-likeness (QED) is 0.463. The minimum atomic E-state index is -0.984. The van der Waals surface area contributed by atoms with Gasteiger partial charge in [-0.05, 0) is 28.1 Å². The van der Waals surface area contributed by atoms with Gasteiger partial charge in [0.2, 0.25) is 0 Å². The molecule has 0 aromatic heterocycles. The summed E-state index contributed by atoms with van der Waals surface area (Å²) in [6, 6.07) is 2.70. The van der Waals surface area contributed by atoms with Gasteiger partial charge in [0, 0.05) is 0 Å². The smallest absolute Gasteiger partial charge is 0.175 e. The lowest BCUT2D eigenvalue weighted by molar-refractivity contribution is 0.502. The van der Waals surface area contributed by atoms with Gasteiger partial charge in [-0.1, -0.05) is 5.92 Å². The molecule has 56 valence electrons. The van der Waals surface area contributed by atoms with Crippen LogP contribution < -0.4 is 0 Å². The van der Waals surface area contributed by atoms with Crippen LogP contribution in [0.1, 0.15) is 5.56 Å². The second kappa shape index (κ2) is 3.02. The SMILES string of the molecule is C#Cc1ccc(Br)c(F)c1F. The van der Waals surface area contributed by atoms with Gasteiger partial charge in [0.1, 0.15) is 0 Å². The van der Waals surface area contributed by atoms with Crippen LogP contribution in [0.2, 0.25) is 0 Å². The summed E-state index contributed by atoms with van der Waals surface area (Å²) in [5.74, 6) is 0.0991. The third-order valence-electron chi connectivity index (χ3n) is 1.19. The largest absolute Gasteiger partial charge is 0.202 e. The van der Waals surface area contributed by atoms with Crippen LogP contribution >= 0.6 is 15.9 Å². The van der Waals surface area contributed by atoms with Crippen LogP contribution in [0.15, 0.2) is 16.6 Å². The average Bonchev–Trinajstić information content (AvgIpc) is 2.01. The van der Waals surface area contributed by atoms with E-state index in [1.807, 2.05) is 5.92 Å². The fourth-order valence-electron chi connectivity index (χ4n) is 0.637. The van der Waals surface area contributed by atoms with Crippen LogP contribution in [0.5, 0.6) is 0 Å². The Labute approximate surface area is 71.4 Å². The summed E-state index contributed by atoms with van der Waals surface area (Å²) in [4.78, 5) is 0. The molecule has 0 amide bonds. The highest BCUT2D eigenvalue weighted by molar-refractivity contribution is 9.10. The van der Waals surface area contributed by atoms with E-state index in [0.717, 1.165) is 0 Å². The Kier molecular flexibility index (Phi) is 2.25. The number of terminal acetylenes is 1. The molecule has 0 bridgehead atoms.